The second-order valence-electron chi connectivity index (χ2n) is 10.6. The van der Waals surface area contributed by atoms with Gasteiger partial charge in [-0.2, -0.15) is 0 Å². The van der Waals surface area contributed by atoms with Crippen molar-refractivity contribution in [2.45, 2.75) is 64.2 Å². The number of likely N-dealkylation sites (N-methyl/N-ethyl adjacent to an activating group) is 1. The zero-order valence-electron chi connectivity index (χ0n) is 21.6. The minimum atomic E-state index is -3.93. The highest BCUT2D eigenvalue weighted by Crippen LogP contribution is 2.33. The summed E-state index contributed by atoms with van der Waals surface area (Å²) in [5.41, 5.74) is 1.97. The number of hydrogen-bond donors (Lipinski definition) is 0. The van der Waals surface area contributed by atoms with Crippen molar-refractivity contribution in [2.75, 3.05) is 25.4 Å². The Labute approximate surface area is 208 Å². The molecule has 0 saturated heterocycles. The number of carbonyl (C=O) groups excluding carboxylic acids is 1. The van der Waals surface area contributed by atoms with Gasteiger partial charge in [-0.05, 0) is 53.1 Å². The molecule has 35 heavy (non-hydrogen) atoms. The van der Waals surface area contributed by atoms with Crippen LogP contribution in [0, 0.1) is 10.1 Å². The standard InChI is InChI=1S/C26H36N2O6S/c1-8-27(24(29)18-35(32,33)23-11-9-21(10-12-23)28(30)31)13-14-34-22-16-19(25(2,3)4)15-20(17-22)26(5,6)7/h9-12,15-17H,8,13-14,18H2,1-7H3. The molecular formula is C26H36N2O6S. The third-order valence-electron chi connectivity index (χ3n) is 5.72. The predicted octanol–water partition coefficient (Wildman–Crippen LogP) is 4.89. The summed E-state index contributed by atoms with van der Waals surface area (Å²) < 4.78 is 31.3. The Hall–Kier alpha value is -2.94. The second-order valence-corrected chi connectivity index (χ2v) is 12.6. The van der Waals surface area contributed by atoms with Gasteiger partial charge in [-0.3, -0.25) is 14.9 Å². The summed E-state index contributed by atoms with van der Waals surface area (Å²) in [6.45, 7) is 15.4. The fraction of sp³-hybridized carbons (Fsp3) is 0.500. The quantitative estimate of drug-likeness (QED) is 0.355. The van der Waals surface area contributed by atoms with Crippen molar-refractivity contribution in [1.29, 1.82) is 0 Å². The number of ether oxygens (including phenoxy) is 1. The number of non-ortho nitro benzene ring substituents is 1. The summed E-state index contributed by atoms with van der Waals surface area (Å²) in [5, 5.41) is 10.8. The number of benzene rings is 2. The molecule has 192 valence electrons. The Bertz CT molecular complexity index is 1130. The zero-order chi connectivity index (χ0) is 26.6. The lowest BCUT2D eigenvalue weighted by Gasteiger charge is -2.26. The van der Waals surface area contributed by atoms with Crippen LogP contribution in [0.3, 0.4) is 0 Å². The average molecular weight is 505 g/mol. The number of rotatable bonds is 9. The third-order valence-corrected chi connectivity index (χ3v) is 7.34. The Balaban J connectivity index is 2.09. The van der Waals surface area contributed by atoms with Crippen LogP contribution in [0.25, 0.3) is 0 Å². The van der Waals surface area contributed by atoms with Gasteiger partial charge in [0.15, 0.2) is 9.84 Å². The number of carbonyl (C=O) groups is 1. The number of nitro benzene ring substituents is 1. The van der Waals surface area contributed by atoms with Gasteiger partial charge in [0.25, 0.3) is 5.69 Å². The Morgan fingerprint density at radius 2 is 1.49 bits per heavy atom. The van der Waals surface area contributed by atoms with Gasteiger partial charge in [-0.25, -0.2) is 8.42 Å². The summed E-state index contributed by atoms with van der Waals surface area (Å²) in [7, 11) is -3.93. The van der Waals surface area contributed by atoms with Crippen LogP contribution in [0.15, 0.2) is 47.4 Å². The molecule has 8 nitrogen and oxygen atoms in total. The molecule has 0 atom stereocenters. The maximum atomic E-state index is 12.7. The third kappa shape index (κ3) is 7.78. The molecule has 0 bridgehead atoms. The van der Waals surface area contributed by atoms with Gasteiger partial charge in [-0.15, -0.1) is 0 Å². The highest BCUT2D eigenvalue weighted by atomic mass is 32.2. The van der Waals surface area contributed by atoms with Gasteiger partial charge in [0.1, 0.15) is 18.1 Å². The number of sulfone groups is 1. The largest absolute Gasteiger partial charge is 0.492 e. The van der Waals surface area contributed by atoms with Crippen LogP contribution >= 0.6 is 0 Å². The first-order valence-electron chi connectivity index (χ1n) is 11.6. The SMILES string of the molecule is CCN(CCOc1cc(C(C)(C)C)cc(C(C)(C)C)c1)C(=O)CS(=O)(=O)c1ccc([N+](=O)[O-])cc1. The molecule has 0 unspecified atom stereocenters. The summed E-state index contributed by atoms with van der Waals surface area (Å²) >= 11 is 0. The lowest BCUT2D eigenvalue weighted by atomic mass is 9.80. The second kappa shape index (κ2) is 10.8. The van der Waals surface area contributed by atoms with E-state index in [1.807, 2.05) is 12.1 Å². The number of hydrogen-bond acceptors (Lipinski definition) is 6. The van der Waals surface area contributed by atoms with Crippen LogP contribution in [0.5, 0.6) is 5.75 Å². The van der Waals surface area contributed by atoms with Crippen LogP contribution in [0.4, 0.5) is 5.69 Å². The monoisotopic (exact) mass is 504 g/mol. The molecule has 0 aliphatic heterocycles. The molecule has 0 spiro atoms. The molecule has 0 saturated carbocycles. The van der Waals surface area contributed by atoms with Crippen LogP contribution in [-0.4, -0.2) is 49.6 Å². The normalized spacial score (nSPS) is 12.3. The van der Waals surface area contributed by atoms with E-state index in [9.17, 15) is 23.3 Å². The van der Waals surface area contributed by atoms with Crippen molar-refractivity contribution in [3.05, 3.63) is 63.7 Å². The van der Waals surface area contributed by atoms with Gasteiger partial charge in [0.05, 0.1) is 16.4 Å². The molecule has 0 fully saturated rings. The van der Waals surface area contributed by atoms with E-state index in [-0.39, 0.29) is 34.6 Å². The molecule has 0 aliphatic rings. The van der Waals surface area contributed by atoms with E-state index < -0.39 is 26.4 Å². The lowest BCUT2D eigenvalue weighted by Crippen LogP contribution is -2.38. The summed E-state index contributed by atoms with van der Waals surface area (Å²) in [5.74, 6) is -0.551. The van der Waals surface area contributed by atoms with Crippen molar-refractivity contribution >= 4 is 21.4 Å². The molecule has 0 radical (unpaired) electrons. The first-order valence-corrected chi connectivity index (χ1v) is 13.2. The molecule has 0 aliphatic carbocycles. The van der Waals surface area contributed by atoms with Crippen LogP contribution in [-0.2, 0) is 25.5 Å². The molecule has 9 heteroatoms. The van der Waals surface area contributed by atoms with Crippen LogP contribution in [0.1, 0.15) is 59.6 Å². The maximum absolute atomic E-state index is 12.7. The molecule has 1 amide bonds. The van der Waals surface area contributed by atoms with E-state index in [0.29, 0.717) is 12.3 Å². The van der Waals surface area contributed by atoms with Crippen molar-refractivity contribution in [1.82, 2.24) is 4.90 Å². The van der Waals surface area contributed by atoms with Crippen LogP contribution < -0.4 is 4.74 Å². The number of nitrogens with zero attached hydrogens (tertiary/aromatic N) is 2. The van der Waals surface area contributed by atoms with E-state index in [1.54, 1.807) is 6.92 Å². The van der Waals surface area contributed by atoms with Gasteiger partial charge in [-0.1, -0.05) is 47.6 Å². The first kappa shape index (κ1) is 28.3. The fourth-order valence-corrected chi connectivity index (χ4v) is 4.62. The maximum Gasteiger partial charge on any atom is 0.269 e. The zero-order valence-corrected chi connectivity index (χ0v) is 22.4. The highest BCUT2D eigenvalue weighted by molar-refractivity contribution is 7.92. The van der Waals surface area contributed by atoms with Crippen molar-refractivity contribution in [2.24, 2.45) is 0 Å². The minimum Gasteiger partial charge on any atom is -0.492 e. The summed E-state index contributed by atoms with van der Waals surface area (Å²) in [4.78, 5) is 24.2. The number of nitro groups is 1. The van der Waals surface area contributed by atoms with Gasteiger partial charge >= 0.3 is 0 Å². The minimum absolute atomic E-state index is 0.0585. The first-order chi connectivity index (χ1) is 16.0. The molecule has 2 rings (SSSR count). The Kier molecular flexibility index (Phi) is 8.70. The highest BCUT2D eigenvalue weighted by Gasteiger charge is 2.24. The molecular weight excluding hydrogens is 468 g/mol. The molecule has 0 aromatic heterocycles. The summed E-state index contributed by atoms with van der Waals surface area (Å²) in [6.07, 6.45) is 0. The van der Waals surface area contributed by atoms with Gasteiger partial charge in [0, 0.05) is 18.7 Å². The Morgan fingerprint density at radius 3 is 1.91 bits per heavy atom. The predicted molar refractivity (Wildman–Crippen MR) is 137 cm³/mol. The molecule has 0 heterocycles. The van der Waals surface area contributed by atoms with Gasteiger partial charge in [0.2, 0.25) is 5.91 Å². The van der Waals surface area contributed by atoms with E-state index >= 15 is 0 Å². The van der Waals surface area contributed by atoms with E-state index in [0.717, 1.165) is 35.4 Å². The summed E-state index contributed by atoms with van der Waals surface area (Å²) in [6, 6.07) is 10.7. The molecule has 2 aromatic carbocycles. The molecule has 2 aromatic rings. The number of amides is 1. The van der Waals surface area contributed by atoms with Gasteiger partial charge < -0.3 is 9.64 Å². The van der Waals surface area contributed by atoms with E-state index in [1.165, 1.54) is 4.90 Å². The van der Waals surface area contributed by atoms with Crippen molar-refractivity contribution < 1.29 is 22.9 Å². The fourth-order valence-electron chi connectivity index (χ4n) is 3.39. The Morgan fingerprint density at radius 1 is 0.971 bits per heavy atom. The average Bonchev–Trinajstić information content (AvgIpc) is 2.75. The van der Waals surface area contributed by atoms with E-state index in [4.69, 9.17) is 4.74 Å². The smallest absolute Gasteiger partial charge is 0.269 e. The van der Waals surface area contributed by atoms with Crippen LogP contribution in [0.2, 0.25) is 0 Å². The lowest BCUT2D eigenvalue weighted by molar-refractivity contribution is -0.384. The van der Waals surface area contributed by atoms with E-state index in [2.05, 4.69) is 47.6 Å². The topological polar surface area (TPSA) is 107 Å². The van der Waals surface area contributed by atoms with Crippen molar-refractivity contribution in [3.63, 3.8) is 0 Å². The molecule has 0 N–H and O–H groups in total. The van der Waals surface area contributed by atoms with Crippen molar-refractivity contribution in [3.8, 4) is 5.75 Å².